The third kappa shape index (κ3) is 2.65. The summed E-state index contributed by atoms with van der Waals surface area (Å²) >= 11 is 0. The molecule has 5 nitrogen and oxygen atoms in total. The van der Waals surface area contributed by atoms with E-state index in [0.717, 1.165) is 17.7 Å². The summed E-state index contributed by atoms with van der Waals surface area (Å²) in [6.07, 6.45) is 1.53. The van der Waals surface area contributed by atoms with Crippen molar-refractivity contribution in [2.24, 2.45) is 0 Å². The van der Waals surface area contributed by atoms with Crippen LogP contribution in [0.25, 0.3) is 0 Å². The SMILES string of the molecule is CCC1NCC(=O)N(CC2CCOc3ccccc32)C1=O. The summed E-state index contributed by atoms with van der Waals surface area (Å²) in [6.45, 7) is 3.28. The van der Waals surface area contributed by atoms with E-state index in [1.54, 1.807) is 0 Å². The Bertz CT molecular complexity index is 558. The van der Waals surface area contributed by atoms with Gasteiger partial charge in [0.15, 0.2) is 0 Å². The molecular weight excluding hydrogens is 268 g/mol. The number of fused-ring (bicyclic) bond motifs is 1. The Morgan fingerprint density at radius 3 is 2.95 bits per heavy atom. The number of nitrogens with one attached hydrogen (secondary N) is 1. The van der Waals surface area contributed by atoms with Crippen LogP contribution < -0.4 is 10.1 Å². The molecule has 0 aliphatic carbocycles. The van der Waals surface area contributed by atoms with E-state index in [0.29, 0.717) is 19.6 Å². The molecule has 2 aliphatic rings. The highest BCUT2D eigenvalue weighted by molar-refractivity contribution is 6.01. The Hall–Kier alpha value is -1.88. The maximum absolute atomic E-state index is 12.4. The number of piperazine rings is 1. The van der Waals surface area contributed by atoms with E-state index in [9.17, 15) is 9.59 Å². The van der Waals surface area contributed by atoms with Gasteiger partial charge in [0.25, 0.3) is 0 Å². The molecule has 1 aromatic carbocycles. The smallest absolute Gasteiger partial charge is 0.246 e. The minimum Gasteiger partial charge on any atom is -0.493 e. The van der Waals surface area contributed by atoms with Crippen molar-refractivity contribution in [3.63, 3.8) is 0 Å². The van der Waals surface area contributed by atoms with Gasteiger partial charge in [0.2, 0.25) is 11.8 Å². The van der Waals surface area contributed by atoms with Crippen molar-refractivity contribution in [3.05, 3.63) is 29.8 Å². The van der Waals surface area contributed by atoms with Crippen molar-refractivity contribution in [1.29, 1.82) is 0 Å². The number of ether oxygens (including phenoxy) is 1. The van der Waals surface area contributed by atoms with Crippen LogP contribution in [0.5, 0.6) is 5.75 Å². The molecule has 112 valence electrons. The minimum absolute atomic E-state index is 0.0993. The van der Waals surface area contributed by atoms with Gasteiger partial charge in [-0.25, -0.2) is 0 Å². The second-order valence-electron chi connectivity index (χ2n) is 5.56. The fourth-order valence-corrected chi connectivity index (χ4v) is 3.04. The van der Waals surface area contributed by atoms with Crippen molar-refractivity contribution in [3.8, 4) is 5.75 Å². The van der Waals surface area contributed by atoms with Crippen molar-refractivity contribution in [2.45, 2.75) is 31.7 Å². The van der Waals surface area contributed by atoms with E-state index >= 15 is 0 Å². The second kappa shape index (κ2) is 5.85. The van der Waals surface area contributed by atoms with E-state index in [1.165, 1.54) is 4.90 Å². The van der Waals surface area contributed by atoms with Gasteiger partial charge in [-0.05, 0) is 24.5 Å². The zero-order valence-corrected chi connectivity index (χ0v) is 12.2. The summed E-state index contributed by atoms with van der Waals surface area (Å²) in [5, 5.41) is 2.99. The van der Waals surface area contributed by atoms with E-state index in [1.807, 2.05) is 31.2 Å². The Balaban J connectivity index is 1.80. The quantitative estimate of drug-likeness (QED) is 0.852. The highest BCUT2D eigenvalue weighted by atomic mass is 16.5. The maximum atomic E-state index is 12.4. The van der Waals surface area contributed by atoms with E-state index < -0.39 is 0 Å². The van der Waals surface area contributed by atoms with Gasteiger partial charge in [-0.15, -0.1) is 0 Å². The summed E-state index contributed by atoms with van der Waals surface area (Å²) in [4.78, 5) is 25.9. The molecule has 0 aromatic heterocycles. The zero-order chi connectivity index (χ0) is 14.8. The normalized spacial score (nSPS) is 25.5. The number of carbonyl (C=O) groups excluding carboxylic acids is 2. The summed E-state index contributed by atoms with van der Waals surface area (Å²) < 4.78 is 5.64. The first-order chi connectivity index (χ1) is 10.2. The Morgan fingerprint density at radius 1 is 1.33 bits per heavy atom. The molecule has 0 radical (unpaired) electrons. The number of benzene rings is 1. The number of hydrogen-bond acceptors (Lipinski definition) is 4. The highest BCUT2D eigenvalue weighted by Gasteiger charge is 2.35. The van der Waals surface area contributed by atoms with Crippen LogP contribution in [0, 0.1) is 0 Å². The lowest BCUT2D eigenvalue weighted by Gasteiger charge is -2.35. The number of hydrogen-bond donors (Lipinski definition) is 1. The zero-order valence-electron chi connectivity index (χ0n) is 12.2. The molecule has 1 aromatic rings. The van der Waals surface area contributed by atoms with Crippen LogP contribution >= 0.6 is 0 Å². The molecule has 0 saturated carbocycles. The van der Waals surface area contributed by atoms with Crippen molar-refractivity contribution in [2.75, 3.05) is 19.7 Å². The second-order valence-corrected chi connectivity index (χ2v) is 5.56. The lowest BCUT2D eigenvalue weighted by Crippen LogP contribution is -2.58. The van der Waals surface area contributed by atoms with Crippen molar-refractivity contribution < 1.29 is 14.3 Å². The van der Waals surface area contributed by atoms with E-state index in [-0.39, 0.29) is 30.3 Å². The Kier molecular flexibility index (Phi) is 3.92. The van der Waals surface area contributed by atoms with Gasteiger partial charge in [-0.2, -0.15) is 0 Å². The van der Waals surface area contributed by atoms with Gasteiger partial charge in [0.1, 0.15) is 5.75 Å². The van der Waals surface area contributed by atoms with Gasteiger partial charge in [-0.3, -0.25) is 19.8 Å². The molecule has 1 N–H and O–H groups in total. The first-order valence-electron chi connectivity index (χ1n) is 7.50. The molecule has 2 aliphatic heterocycles. The molecule has 3 rings (SSSR count). The summed E-state index contributed by atoms with van der Waals surface area (Å²) in [7, 11) is 0. The van der Waals surface area contributed by atoms with Crippen LogP contribution in [-0.2, 0) is 9.59 Å². The van der Waals surface area contributed by atoms with Crippen molar-refractivity contribution >= 4 is 11.8 Å². The van der Waals surface area contributed by atoms with Gasteiger partial charge in [0.05, 0.1) is 19.2 Å². The third-order valence-electron chi connectivity index (χ3n) is 4.26. The lowest BCUT2D eigenvalue weighted by atomic mass is 9.92. The lowest BCUT2D eigenvalue weighted by molar-refractivity contribution is -0.149. The first kappa shape index (κ1) is 14.1. The average Bonchev–Trinajstić information content (AvgIpc) is 2.52. The van der Waals surface area contributed by atoms with Gasteiger partial charge >= 0.3 is 0 Å². The fourth-order valence-electron chi connectivity index (χ4n) is 3.04. The molecule has 2 heterocycles. The molecule has 2 amide bonds. The van der Waals surface area contributed by atoms with Crippen LogP contribution in [0.15, 0.2) is 24.3 Å². The number of rotatable bonds is 3. The predicted molar refractivity (Wildman–Crippen MR) is 78.1 cm³/mol. The number of nitrogens with zero attached hydrogens (tertiary/aromatic N) is 1. The van der Waals surface area contributed by atoms with Gasteiger partial charge < -0.3 is 4.74 Å². The third-order valence-corrected chi connectivity index (χ3v) is 4.26. The monoisotopic (exact) mass is 288 g/mol. The Labute approximate surface area is 124 Å². The van der Waals surface area contributed by atoms with Gasteiger partial charge in [-0.1, -0.05) is 25.1 Å². The molecule has 5 heteroatoms. The summed E-state index contributed by atoms with van der Waals surface area (Å²) in [5.74, 6) is 0.806. The van der Waals surface area contributed by atoms with Crippen LogP contribution in [0.1, 0.15) is 31.2 Å². The van der Waals surface area contributed by atoms with Gasteiger partial charge in [0, 0.05) is 12.5 Å². The average molecular weight is 288 g/mol. The number of carbonyl (C=O) groups is 2. The number of para-hydroxylation sites is 1. The summed E-state index contributed by atoms with van der Waals surface area (Å²) in [6, 6.07) is 7.63. The number of imide groups is 1. The van der Waals surface area contributed by atoms with Crippen molar-refractivity contribution in [1.82, 2.24) is 10.2 Å². The molecular formula is C16H20N2O3. The van der Waals surface area contributed by atoms with Crippen LogP contribution in [0.4, 0.5) is 0 Å². The first-order valence-corrected chi connectivity index (χ1v) is 7.50. The molecule has 0 spiro atoms. The number of amides is 2. The molecule has 1 saturated heterocycles. The largest absolute Gasteiger partial charge is 0.493 e. The Morgan fingerprint density at radius 2 is 2.14 bits per heavy atom. The van der Waals surface area contributed by atoms with Crippen LogP contribution in [-0.4, -0.2) is 42.5 Å². The molecule has 1 fully saturated rings. The molecule has 2 atom stereocenters. The molecule has 21 heavy (non-hydrogen) atoms. The predicted octanol–water partition coefficient (Wildman–Crippen LogP) is 1.29. The van der Waals surface area contributed by atoms with Crippen LogP contribution in [0.3, 0.4) is 0 Å². The standard InChI is InChI=1S/C16H20N2O3/c1-2-13-16(20)18(15(19)9-17-13)10-11-7-8-21-14-6-4-3-5-12(11)14/h3-6,11,13,17H,2,7-10H2,1H3. The minimum atomic E-state index is -0.238. The molecule has 0 bridgehead atoms. The van der Waals surface area contributed by atoms with E-state index in [2.05, 4.69) is 5.32 Å². The summed E-state index contributed by atoms with van der Waals surface area (Å²) in [5.41, 5.74) is 1.09. The topological polar surface area (TPSA) is 58.6 Å². The maximum Gasteiger partial charge on any atom is 0.246 e. The molecule has 2 unspecified atom stereocenters. The van der Waals surface area contributed by atoms with Crippen LogP contribution in [0.2, 0.25) is 0 Å². The fraction of sp³-hybridized carbons (Fsp3) is 0.500. The highest BCUT2D eigenvalue weighted by Crippen LogP contribution is 2.34. The van der Waals surface area contributed by atoms with E-state index in [4.69, 9.17) is 4.74 Å².